The zero-order chi connectivity index (χ0) is 30.8. The lowest BCUT2D eigenvalue weighted by atomic mass is 10.0. The maximum Gasteiger partial charge on any atom is 0.314 e. The zero-order valence-corrected chi connectivity index (χ0v) is 32.5. The highest BCUT2D eigenvalue weighted by Crippen LogP contribution is 2.28. The Morgan fingerprint density at radius 1 is 0.500 bits per heavy atom. The predicted octanol–water partition coefficient (Wildman–Crippen LogP) is 7.23. The number of hydrogen-bond donors (Lipinski definition) is 0. The molecule has 0 amide bonds. The van der Waals surface area contributed by atoms with Gasteiger partial charge >= 0.3 is 34.2 Å². The lowest BCUT2D eigenvalue weighted by Gasteiger charge is -2.43. The van der Waals surface area contributed by atoms with E-state index in [0.717, 1.165) is 16.3 Å². The van der Waals surface area contributed by atoms with E-state index in [9.17, 15) is 10.5 Å². The number of rotatable bonds is 12. The molecule has 0 saturated heterocycles. The van der Waals surface area contributed by atoms with Crippen LogP contribution in [0.4, 0.5) is 0 Å². The van der Waals surface area contributed by atoms with E-state index < -0.39 is 50.9 Å². The number of nitriles is 2. The predicted molar refractivity (Wildman–Crippen MR) is 177 cm³/mol. The van der Waals surface area contributed by atoms with Crippen molar-refractivity contribution in [2.45, 2.75) is 85.1 Å². The molecule has 0 saturated carbocycles. The van der Waals surface area contributed by atoms with Crippen molar-refractivity contribution in [3.8, 4) is 23.3 Å². The van der Waals surface area contributed by atoms with Crippen molar-refractivity contribution >= 4 is 56.1 Å². The minimum atomic E-state index is -2.60. The highest BCUT2D eigenvalue weighted by atomic mass is 28.5. The normalized spacial score (nSPS) is 13.6. The molecule has 0 N–H and O–H groups in total. The van der Waals surface area contributed by atoms with Gasteiger partial charge in [0.2, 0.25) is 8.32 Å². The second-order valence-electron chi connectivity index (χ2n) is 13.3. The standard InChI is InChI=1S/C27H46N2O5Si6/c1-35(2,3)30-37(6,7)32-39(10,11)34-40(12,13)33-38(8,9)31-36(4,5)27-16-14-15-23(20-27)24-17-18-25(21-28)26(19-24)22-29/h14-20H,1-13H3. The minimum absolute atomic E-state index is 0.376. The summed E-state index contributed by atoms with van der Waals surface area (Å²) in [6, 6.07) is 17.8. The molecule has 0 spiro atoms. The third kappa shape index (κ3) is 10.7. The van der Waals surface area contributed by atoms with Gasteiger partial charge in [0.05, 0.1) is 11.1 Å². The van der Waals surface area contributed by atoms with Crippen LogP contribution in [-0.4, -0.2) is 50.9 Å². The summed E-state index contributed by atoms with van der Waals surface area (Å²) in [5, 5.41) is 19.9. The summed E-state index contributed by atoms with van der Waals surface area (Å²) in [7, 11) is -14.2. The molecule has 0 aromatic heterocycles. The van der Waals surface area contributed by atoms with Crippen molar-refractivity contribution in [2.24, 2.45) is 0 Å². The molecule has 40 heavy (non-hydrogen) atoms. The van der Waals surface area contributed by atoms with Crippen LogP contribution in [0.5, 0.6) is 0 Å². The third-order valence-corrected chi connectivity index (χ3v) is 27.6. The Bertz CT molecular complexity index is 1290. The van der Waals surface area contributed by atoms with E-state index in [1.807, 2.05) is 18.2 Å². The third-order valence-electron chi connectivity index (χ3n) is 5.68. The average molecular weight is 647 g/mol. The summed E-state index contributed by atoms with van der Waals surface area (Å²) < 4.78 is 33.3. The van der Waals surface area contributed by atoms with Crippen molar-refractivity contribution in [3.05, 3.63) is 53.6 Å². The molecule has 2 rings (SSSR count). The van der Waals surface area contributed by atoms with Crippen molar-refractivity contribution in [3.63, 3.8) is 0 Å². The lowest BCUT2D eigenvalue weighted by molar-refractivity contribution is 0.283. The Balaban J connectivity index is 2.21. The molecule has 0 radical (unpaired) electrons. The Morgan fingerprint density at radius 2 is 0.950 bits per heavy atom. The van der Waals surface area contributed by atoms with Crippen LogP contribution in [-0.2, 0) is 20.6 Å². The van der Waals surface area contributed by atoms with Gasteiger partial charge in [-0.2, -0.15) is 10.5 Å². The molecule has 2 aromatic rings. The van der Waals surface area contributed by atoms with Gasteiger partial charge in [0.15, 0.2) is 8.32 Å². The Morgan fingerprint density at radius 3 is 1.43 bits per heavy atom. The van der Waals surface area contributed by atoms with Crippen LogP contribution in [0, 0.1) is 22.7 Å². The summed E-state index contributed by atoms with van der Waals surface area (Å²) in [5.41, 5.74) is 2.64. The molecular weight excluding hydrogens is 601 g/mol. The highest BCUT2D eigenvalue weighted by Gasteiger charge is 2.47. The van der Waals surface area contributed by atoms with Crippen LogP contribution < -0.4 is 5.19 Å². The molecule has 2 aromatic carbocycles. The van der Waals surface area contributed by atoms with Gasteiger partial charge in [0.25, 0.3) is 0 Å². The molecule has 0 aliphatic rings. The van der Waals surface area contributed by atoms with Gasteiger partial charge in [-0.05, 0) is 114 Å². The second-order valence-corrected chi connectivity index (χ2v) is 36.4. The van der Waals surface area contributed by atoms with Gasteiger partial charge < -0.3 is 20.6 Å². The molecule has 0 aliphatic heterocycles. The van der Waals surface area contributed by atoms with Crippen LogP contribution in [0.1, 0.15) is 11.1 Å². The first kappa shape index (κ1) is 34.7. The summed E-state index contributed by atoms with van der Waals surface area (Å²) >= 11 is 0. The summed E-state index contributed by atoms with van der Waals surface area (Å²) in [5.74, 6) is 0. The maximum absolute atomic E-state index is 9.46. The van der Waals surface area contributed by atoms with Crippen LogP contribution >= 0.6 is 0 Å². The van der Waals surface area contributed by atoms with Crippen molar-refractivity contribution < 1.29 is 20.6 Å². The summed E-state index contributed by atoms with van der Waals surface area (Å²) in [6.45, 7) is 27.6. The van der Waals surface area contributed by atoms with Crippen LogP contribution in [0.15, 0.2) is 42.5 Å². The summed E-state index contributed by atoms with van der Waals surface area (Å²) in [6.07, 6.45) is 0. The Labute approximate surface area is 248 Å². The highest BCUT2D eigenvalue weighted by molar-refractivity contribution is 6.94. The fourth-order valence-electron chi connectivity index (χ4n) is 5.26. The topological polar surface area (TPSA) is 93.7 Å². The first-order valence-electron chi connectivity index (χ1n) is 13.5. The molecule has 13 heteroatoms. The zero-order valence-electron chi connectivity index (χ0n) is 26.5. The van der Waals surface area contributed by atoms with Crippen LogP contribution in [0.2, 0.25) is 85.1 Å². The lowest BCUT2D eigenvalue weighted by Crippen LogP contribution is -2.61. The van der Waals surface area contributed by atoms with E-state index in [4.69, 9.17) is 20.6 Å². The van der Waals surface area contributed by atoms with E-state index in [2.05, 4.69) is 109 Å². The molecule has 0 atom stereocenters. The Hall–Kier alpha value is -1.48. The van der Waals surface area contributed by atoms with E-state index in [1.165, 1.54) is 0 Å². The monoisotopic (exact) mass is 646 g/mol. The molecule has 0 fully saturated rings. The molecule has 0 bridgehead atoms. The fraction of sp³-hybridized carbons (Fsp3) is 0.481. The first-order valence-corrected chi connectivity index (χ1v) is 31.1. The molecule has 0 aliphatic carbocycles. The molecule has 218 valence electrons. The quantitative estimate of drug-likeness (QED) is 0.225. The number of nitrogens with zero attached hydrogens (tertiary/aromatic N) is 2. The van der Waals surface area contributed by atoms with E-state index in [1.54, 1.807) is 12.1 Å². The van der Waals surface area contributed by atoms with Gasteiger partial charge in [-0.1, -0.05) is 30.3 Å². The van der Waals surface area contributed by atoms with Gasteiger partial charge in [-0.25, -0.2) is 0 Å². The van der Waals surface area contributed by atoms with Gasteiger partial charge in [0, 0.05) is 0 Å². The molecule has 0 unspecified atom stereocenters. The smallest absolute Gasteiger partial charge is 0.314 e. The van der Waals surface area contributed by atoms with E-state index >= 15 is 0 Å². The maximum atomic E-state index is 9.46. The van der Waals surface area contributed by atoms with E-state index in [-0.39, 0.29) is 0 Å². The fourth-order valence-corrected chi connectivity index (χ4v) is 33.9. The minimum Gasteiger partial charge on any atom is -0.437 e. The number of hydrogen-bond acceptors (Lipinski definition) is 7. The molecule has 0 heterocycles. The van der Waals surface area contributed by atoms with Crippen LogP contribution in [0.25, 0.3) is 11.1 Å². The molecule has 7 nitrogen and oxygen atoms in total. The van der Waals surface area contributed by atoms with Gasteiger partial charge in [-0.3, -0.25) is 0 Å². The van der Waals surface area contributed by atoms with Crippen molar-refractivity contribution in [1.82, 2.24) is 0 Å². The van der Waals surface area contributed by atoms with Gasteiger partial charge in [-0.15, -0.1) is 0 Å². The summed E-state index contributed by atoms with van der Waals surface area (Å²) in [4.78, 5) is 0. The van der Waals surface area contributed by atoms with E-state index in [0.29, 0.717) is 11.1 Å². The Kier molecular flexibility index (Phi) is 10.8. The second kappa shape index (κ2) is 12.4. The SMILES string of the molecule is C[Si](C)(C)O[Si](C)(C)O[Si](C)(C)O[Si](C)(C)O[Si](C)(C)O[Si](C)(C)c1cccc(-c2ccc(C#N)c(C#N)c2)c1. The largest absolute Gasteiger partial charge is 0.437 e. The first-order chi connectivity index (χ1) is 18.0. The van der Waals surface area contributed by atoms with Crippen molar-refractivity contribution in [2.75, 3.05) is 0 Å². The van der Waals surface area contributed by atoms with Crippen LogP contribution in [0.3, 0.4) is 0 Å². The molecular formula is C27H46N2O5Si6. The number of benzene rings is 2. The average Bonchev–Trinajstić information content (AvgIpc) is 2.73. The van der Waals surface area contributed by atoms with Gasteiger partial charge in [0.1, 0.15) is 12.1 Å². The van der Waals surface area contributed by atoms with Crippen molar-refractivity contribution in [1.29, 1.82) is 10.5 Å².